The van der Waals surface area contributed by atoms with Gasteiger partial charge in [-0.3, -0.25) is 4.79 Å². The fourth-order valence-corrected chi connectivity index (χ4v) is 2.02. The summed E-state index contributed by atoms with van der Waals surface area (Å²) in [5, 5.41) is 11.4. The largest absolute Gasteiger partial charge is 0.465 e. The fourth-order valence-electron chi connectivity index (χ4n) is 1.12. The quantitative estimate of drug-likeness (QED) is 0.171. The summed E-state index contributed by atoms with van der Waals surface area (Å²) < 4.78 is 5.01. The number of hydrogen-bond acceptors (Lipinski definition) is 5. The van der Waals surface area contributed by atoms with E-state index in [0.29, 0.717) is 6.61 Å². The minimum Gasteiger partial charge on any atom is -0.465 e. The Morgan fingerprint density at radius 3 is 3.13 bits per heavy atom. The smallest absolute Gasteiger partial charge is 0.320 e. The van der Waals surface area contributed by atoms with Gasteiger partial charge in [0, 0.05) is 6.04 Å². The van der Waals surface area contributed by atoms with Crippen LogP contribution < -0.4 is 5.32 Å². The van der Waals surface area contributed by atoms with Gasteiger partial charge in [0.25, 0.3) is 0 Å². The first-order chi connectivity index (χ1) is 7.20. The van der Waals surface area contributed by atoms with Crippen LogP contribution in [0.3, 0.4) is 0 Å². The Morgan fingerprint density at radius 1 is 1.80 bits per heavy atom. The molecule has 4 nitrogen and oxygen atoms in total. The van der Waals surface area contributed by atoms with Crippen LogP contribution in [0.2, 0.25) is 0 Å². The van der Waals surface area contributed by atoms with E-state index in [1.165, 1.54) is 11.8 Å². The maximum absolute atomic E-state index is 11.4. The van der Waals surface area contributed by atoms with Gasteiger partial charge in [0.1, 0.15) is 11.5 Å². The van der Waals surface area contributed by atoms with Gasteiger partial charge in [0.05, 0.1) is 11.9 Å². The first-order valence-electron chi connectivity index (χ1n) is 4.92. The lowest BCUT2D eigenvalue weighted by atomic mass is 10.3. The lowest BCUT2D eigenvalue weighted by molar-refractivity contribution is -0.142. The molecule has 2 N–H and O–H groups in total. The van der Waals surface area contributed by atoms with Crippen LogP contribution in [0.4, 0.5) is 0 Å². The van der Waals surface area contributed by atoms with Crippen LogP contribution in [0, 0.1) is 12.5 Å². The molecule has 0 radical (unpaired) electrons. The lowest BCUT2D eigenvalue weighted by Gasteiger charge is -2.06. The average molecular weight is 229 g/mol. The molecule has 1 aliphatic rings. The maximum Gasteiger partial charge on any atom is 0.320 e. The van der Waals surface area contributed by atoms with Gasteiger partial charge in [0.15, 0.2) is 0 Å². The number of aliphatic hydroxyl groups excluding tert-OH is 1. The number of esters is 1. The normalized spacial score (nSPS) is 25.1. The van der Waals surface area contributed by atoms with Gasteiger partial charge in [-0.25, -0.2) is 0 Å². The summed E-state index contributed by atoms with van der Waals surface area (Å²) in [6.45, 7) is 2.49. The van der Waals surface area contributed by atoms with E-state index in [2.05, 4.69) is 11.4 Å². The summed E-state index contributed by atoms with van der Waals surface area (Å²) in [5.74, 6) is -0.253. The third-order valence-electron chi connectivity index (χ3n) is 2.04. The van der Waals surface area contributed by atoms with Crippen molar-refractivity contribution in [2.24, 2.45) is 0 Å². The summed E-state index contributed by atoms with van der Waals surface area (Å²) in [6, 6.07) is 2.14. The second kappa shape index (κ2) is 5.89. The Bertz CT molecular complexity index is 264. The van der Waals surface area contributed by atoms with Crippen LogP contribution in [-0.2, 0) is 9.53 Å². The van der Waals surface area contributed by atoms with E-state index in [9.17, 15) is 9.90 Å². The van der Waals surface area contributed by atoms with E-state index in [1.807, 2.05) is 6.92 Å². The molecule has 0 amide bonds. The SMILES string of the molecule is C#CNC(O)[C@@H]1S[C@H]1C(=O)OCCCC. The molecule has 15 heavy (non-hydrogen) atoms. The number of rotatable bonds is 6. The third-order valence-corrected chi connectivity index (χ3v) is 3.35. The van der Waals surface area contributed by atoms with Gasteiger partial charge in [-0.05, 0) is 6.42 Å². The summed E-state index contributed by atoms with van der Waals surface area (Å²) in [7, 11) is 0. The molecule has 1 aliphatic heterocycles. The number of nitrogens with one attached hydrogen (secondary N) is 1. The van der Waals surface area contributed by atoms with Crippen LogP contribution in [0.5, 0.6) is 0 Å². The van der Waals surface area contributed by atoms with Gasteiger partial charge in [-0.15, -0.1) is 11.8 Å². The van der Waals surface area contributed by atoms with Crippen molar-refractivity contribution >= 4 is 17.7 Å². The molecule has 0 aromatic carbocycles. The molecule has 1 unspecified atom stereocenters. The van der Waals surface area contributed by atoms with Crippen LogP contribution in [0.15, 0.2) is 0 Å². The Kier molecular flexibility index (Phi) is 4.79. The van der Waals surface area contributed by atoms with Crippen LogP contribution in [0.1, 0.15) is 19.8 Å². The second-order valence-corrected chi connectivity index (χ2v) is 4.60. The number of unbranched alkanes of at least 4 members (excludes halogenated alkanes) is 1. The molecule has 0 aromatic heterocycles. The van der Waals surface area contributed by atoms with E-state index < -0.39 is 6.23 Å². The Hall–Kier alpha value is -0.860. The van der Waals surface area contributed by atoms with E-state index in [1.54, 1.807) is 0 Å². The standard InChI is InChI=1S/C10H15NO3S/c1-3-5-6-14-10(13)8-7(15-8)9(12)11-4-2/h2,7-9,11-12H,3,5-6H2,1H3/t7-,8-,9?/m1/s1. The Labute approximate surface area is 93.8 Å². The number of ether oxygens (including phenoxy) is 1. The van der Waals surface area contributed by atoms with Gasteiger partial charge in [-0.1, -0.05) is 19.8 Å². The van der Waals surface area contributed by atoms with Crippen LogP contribution in [0.25, 0.3) is 0 Å². The number of hydrogen-bond donors (Lipinski definition) is 2. The highest BCUT2D eigenvalue weighted by molar-refractivity contribution is 8.08. The minimum atomic E-state index is -0.830. The highest BCUT2D eigenvalue weighted by atomic mass is 32.2. The molecule has 3 atom stereocenters. The number of aliphatic hydroxyl groups is 1. The van der Waals surface area contributed by atoms with Crippen molar-refractivity contribution in [1.29, 1.82) is 0 Å². The zero-order valence-corrected chi connectivity index (χ0v) is 9.42. The topological polar surface area (TPSA) is 58.6 Å². The summed E-state index contributed by atoms with van der Waals surface area (Å²) in [6.07, 6.45) is 6.01. The molecule has 0 saturated carbocycles. The van der Waals surface area contributed by atoms with Crippen molar-refractivity contribution in [1.82, 2.24) is 5.32 Å². The molecule has 0 spiro atoms. The second-order valence-electron chi connectivity index (χ2n) is 3.28. The van der Waals surface area contributed by atoms with Crippen LogP contribution in [-0.4, -0.2) is 34.4 Å². The van der Waals surface area contributed by atoms with Crippen molar-refractivity contribution in [2.75, 3.05) is 6.61 Å². The fraction of sp³-hybridized carbons (Fsp3) is 0.700. The molecule has 1 fully saturated rings. The van der Waals surface area contributed by atoms with Gasteiger partial charge in [0.2, 0.25) is 0 Å². The Balaban J connectivity index is 2.19. The first-order valence-corrected chi connectivity index (χ1v) is 5.86. The molecule has 5 heteroatoms. The first kappa shape index (κ1) is 12.2. The maximum atomic E-state index is 11.4. The molecule has 1 saturated heterocycles. The predicted octanol–water partition coefficient (Wildman–Crippen LogP) is 0.312. The number of carbonyl (C=O) groups is 1. The zero-order valence-electron chi connectivity index (χ0n) is 8.60. The molecular formula is C10H15NO3S. The highest BCUT2D eigenvalue weighted by Gasteiger charge is 2.50. The van der Waals surface area contributed by atoms with E-state index >= 15 is 0 Å². The van der Waals surface area contributed by atoms with Crippen LogP contribution >= 0.6 is 11.8 Å². The van der Waals surface area contributed by atoms with Crippen molar-refractivity contribution in [3.63, 3.8) is 0 Å². The molecule has 0 aromatic rings. The van der Waals surface area contributed by atoms with E-state index in [4.69, 9.17) is 11.2 Å². The minimum absolute atomic E-state index is 0.171. The van der Waals surface area contributed by atoms with Gasteiger partial charge in [-0.2, -0.15) is 0 Å². The number of thioether (sulfide) groups is 1. The monoisotopic (exact) mass is 229 g/mol. The average Bonchev–Trinajstić information content (AvgIpc) is 2.98. The lowest BCUT2D eigenvalue weighted by Crippen LogP contribution is -2.32. The summed E-state index contributed by atoms with van der Waals surface area (Å²) >= 11 is 1.37. The molecule has 1 rings (SSSR count). The van der Waals surface area contributed by atoms with Crippen molar-refractivity contribution in [3.8, 4) is 12.5 Å². The molecule has 0 bridgehead atoms. The molecule has 1 heterocycles. The van der Waals surface area contributed by atoms with Crippen molar-refractivity contribution in [3.05, 3.63) is 0 Å². The molecule has 84 valence electrons. The molecular weight excluding hydrogens is 214 g/mol. The summed E-state index contributed by atoms with van der Waals surface area (Å²) in [5.41, 5.74) is 0. The number of carbonyl (C=O) groups excluding carboxylic acids is 1. The van der Waals surface area contributed by atoms with Gasteiger partial charge >= 0.3 is 5.97 Å². The van der Waals surface area contributed by atoms with Crippen molar-refractivity contribution in [2.45, 2.75) is 36.5 Å². The van der Waals surface area contributed by atoms with Gasteiger partial charge < -0.3 is 15.2 Å². The zero-order chi connectivity index (χ0) is 11.3. The Morgan fingerprint density at radius 2 is 2.53 bits per heavy atom. The molecule has 0 aliphatic carbocycles. The highest BCUT2D eigenvalue weighted by Crippen LogP contribution is 2.43. The predicted molar refractivity (Wildman–Crippen MR) is 59.0 cm³/mol. The van der Waals surface area contributed by atoms with E-state index in [0.717, 1.165) is 12.8 Å². The summed E-state index contributed by atoms with van der Waals surface area (Å²) in [4.78, 5) is 11.4. The van der Waals surface area contributed by atoms with E-state index in [-0.39, 0.29) is 16.5 Å². The number of terminal acetylenes is 1. The van der Waals surface area contributed by atoms with Crippen molar-refractivity contribution < 1.29 is 14.6 Å². The third kappa shape index (κ3) is 3.65.